The van der Waals surface area contributed by atoms with Gasteiger partial charge in [-0.15, -0.1) is 0 Å². The van der Waals surface area contributed by atoms with E-state index in [-0.39, 0.29) is 12.1 Å². The van der Waals surface area contributed by atoms with Crippen molar-refractivity contribution in [3.63, 3.8) is 0 Å². The highest BCUT2D eigenvalue weighted by molar-refractivity contribution is 5.43. The Bertz CT molecular complexity index is 365. The van der Waals surface area contributed by atoms with Crippen LogP contribution in [0.25, 0.3) is 0 Å². The lowest BCUT2D eigenvalue weighted by atomic mass is 10.0. The van der Waals surface area contributed by atoms with Gasteiger partial charge < -0.3 is 9.57 Å². The van der Waals surface area contributed by atoms with Crippen LogP contribution in [-0.4, -0.2) is 13.2 Å². The molecule has 2 unspecified atom stereocenters. The Labute approximate surface area is 96.7 Å². The molecule has 0 radical (unpaired) electrons. The van der Waals surface area contributed by atoms with Gasteiger partial charge in [-0.05, 0) is 25.0 Å². The SMILES string of the molecule is CCCc1ccc2c(c1)C(NOC)C(C)O2. The van der Waals surface area contributed by atoms with Crippen LogP contribution in [0.4, 0.5) is 0 Å². The van der Waals surface area contributed by atoms with E-state index in [1.54, 1.807) is 7.11 Å². The Morgan fingerprint density at radius 3 is 2.94 bits per heavy atom. The number of fused-ring (bicyclic) bond motifs is 1. The van der Waals surface area contributed by atoms with Gasteiger partial charge in [0.25, 0.3) is 0 Å². The fourth-order valence-corrected chi connectivity index (χ4v) is 2.20. The Balaban J connectivity index is 2.27. The first-order valence-electron chi connectivity index (χ1n) is 5.84. The van der Waals surface area contributed by atoms with Gasteiger partial charge in [0.2, 0.25) is 0 Å². The Kier molecular flexibility index (Phi) is 3.46. The van der Waals surface area contributed by atoms with E-state index >= 15 is 0 Å². The van der Waals surface area contributed by atoms with Crippen molar-refractivity contribution in [1.82, 2.24) is 5.48 Å². The van der Waals surface area contributed by atoms with E-state index in [1.165, 1.54) is 11.1 Å². The van der Waals surface area contributed by atoms with Crippen LogP contribution in [0.2, 0.25) is 0 Å². The van der Waals surface area contributed by atoms with Crippen molar-refractivity contribution in [2.45, 2.75) is 38.8 Å². The normalized spacial score (nSPS) is 22.9. The minimum absolute atomic E-state index is 0.117. The molecule has 0 amide bonds. The molecule has 0 spiro atoms. The van der Waals surface area contributed by atoms with Gasteiger partial charge in [0.05, 0.1) is 13.2 Å². The number of hydroxylamine groups is 1. The van der Waals surface area contributed by atoms with Crippen molar-refractivity contribution < 1.29 is 9.57 Å². The van der Waals surface area contributed by atoms with Crippen LogP contribution in [0.1, 0.15) is 37.4 Å². The summed E-state index contributed by atoms with van der Waals surface area (Å²) in [7, 11) is 1.64. The summed E-state index contributed by atoms with van der Waals surface area (Å²) in [6, 6.07) is 6.56. The summed E-state index contributed by atoms with van der Waals surface area (Å²) in [5.74, 6) is 0.974. The molecule has 16 heavy (non-hydrogen) atoms. The van der Waals surface area contributed by atoms with Gasteiger partial charge in [-0.2, -0.15) is 5.48 Å². The molecule has 0 fully saturated rings. The predicted octanol–water partition coefficient (Wildman–Crippen LogP) is 2.61. The third kappa shape index (κ3) is 2.06. The minimum Gasteiger partial charge on any atom is -0.488 e. The highest BCUT2D eigenvalue weighted by atomic mass is 16.6. The molecule has 88 valence electrons. The minimum atomic E-state index is 0.117. The highest BCUT2D eigenvalue weighted by Gasteiger charge is 2.31. The Hall–Kier alpha value is -1.06. The van der Waals surface area contributed by atoms with Crippen molar-refractivity contribution in [3.05, 3.63) is 29.3 Å². The molecule has 3 heteroatoms. The first kappa shape index (κ1) is 11.4. The average molecular weight is 221 g/mol. The second-order valence-corrected chi connectivity index (χ2v) is 4.24. The molecule has 0 saturated heterocycles. The van der Waals surface area contributed by atoms with Crippen molar-refractivity contribution in [3.8, 4) is 5.75 Å². The van der Waals surface area contributed by atoms with Crippen molar-refractivity contribution >= 4 is 0 Å². The summed E-state index contributed by atoms with van der Waals surface area (Å²) in [5.41, 5.74) is 5.57. The number of hydrogen-bond donors (Lipinski definition) is 1. The summed E-state index contributed by atoms with van der Waals surface area (Å²) in [4.78, 5) is 5.02. The monoisotopic (exact) mass is 221 g/mol. The maximum absolute atomic E-state index is 5.76. The molecule has 1 aromatic rings. The fraction of sp³-hybridized carbons (Fsp3) is 0.538. The van der Waals surface area contributed by atoms with Crippen LogP contribution in [-0.2, 0) is 11.3 Å². The quantitative estimate of drug-likeness (QED) is 0.793. The van der Waals surface area contributed by atoms with E-state index in [1.807, 2.05) is 0 Å². The standard InChI is InChI=1S/C13H19NO2/c1-4-5-10-6-7-12-11(8-10)13(14-15-3)9(2)16-12/h6-9,13-14H,4-5H2,1-3H3. The Morgan fingerprint density at radius 1 is 1.44 bits per heavy atom. The lowest BCUT2D eigenvalue weighted by Crippen LogP contribution is -2.27. The molecular weight excluding hydrogens is 202 g/mol. The molecule has 0 aliphatic carbocycles. The second kappa shape index (κ2) is 4.85. The molecule has 2 atom stereocenters. The van der Waals surface area contributed by atoms with Gasteiger partial charge in [-0.25, -0.2) is 0 Å². The number of rotatable bonds is 4. The van der Waals surface area contributed by atoms with Gasteiger partial charge >= 0.3 is 0 Å². The van der Waals surface area contributed by atoms with Crippen LogP contribution in [0.3, 0.4) is 0 Å². The molecule has 1 aromatic carbocycles. The first-order chi connectivity index (χ1) is 7.76. The van der Waals surface area contributed by atoms with E-state index in [0.29, 0.717) is 0 Å². The maximum atomic E-state index is 5.76. The average Bonchev–Trinajstić information content (AvgIpc) is 2.57. The lowest BCUT2D eigenvalue weighted by Gasteiger charge is -2.14. The first-order valence-corrected chi connectivity index (χ1v) is 5.84. The lowest BCUT2D eigenvalue weighted by molar-refractivity contribution is 0.0339. The van der Waals surface area contributed by atoms with Gasteiger partial charge in [-0.1, -0.05) is 25.5 Å². The third-order valence-electron chi connectivity index (χ3n) is 2.98. The van der Waals surface area contributed by atoms with E-state index in [9.17, 15) is 0 Å². The summed E-state index contributed by atoms with van der Waals surface area (Å²) >= 11 is 0. The van der Waals surface area contributed by atoms with E-state index in [0.717, 1.165) is 18.6 Å². The molecule has 1 heterocycles. The van der Waals surface area contributed by atoms with Crippen LogP contribution >= 0.6 is 0 Å². The van der Waals surface area contributed by atoms with Gasteiger partial charge in [0, 0.05) is 5.56 Å². The fourth-order valence-electron chi connectivity index (χ4n) is 2.20. The highest BCUT2D eigenvalue weighted by Crippen LogP contribution is 2.37. The third-order valence-corrected chi connectivity index (χ3v) is 2.98. The number of hydrogen-bond acceptors (Lipinski definition) is 3. The molecule has 1 aliphatic heterocycles. The molecular formula is C13H19NO2. The topological polar surface area (TPSA) is 30.5 Å². The number of aryl methyl sites for hydroxylation is 1. The van der Waals surface area contributed by atoms with Crippen molar-refractivity contribution in [1.29, 1.82) is 0 Å². The number of ether oxygens (including phenoxy) is 1. The maximum Gasteiger partial charge on any atom is 0.124 e. The number of nitrogens with one attached hydrogen (secondary N) is 1. The van der Waals surface area contributed by atoms with Gasteiger partial charge in [0.15, 0.2) is 0 Å². The Morgan fingerprint density at radius 2 is 2.25 bits per heavy atom. The molecule has 1 N–H and O–H groups in total. The van der Waals surface area contributed by atoms with E-state index in [4.69, 9.17) is 9.57 Å². The summed E-state index contributed by atoms with van der Waals surface area (Å²) in [5, 5.41) is 0. The van der Waals surface area contributed by atoms with Crippen LogP contribution in [0.5, 0.6) is 5.75 Å². The zero-order chi connectivity index (χ0) is 11.5. The largest absolute Gasteiger partial charge is 0.488 e. The van der Waals surface area contributed by atoms with Crippen molar-refractivity contribution in [2.75, 3.05) is 7.11 Å². The van der Waals surface area contributed by atoms with E-state index < -0.39 is 0 Å². The smallest absolute Gasteiger partial charge is 0.124 e. The van der Waals surface area contributed by atoms with Crippen LogP contribution in [0.15, 0.2) is 18.2 Å². The van der Waals surface area contributed by atoms with Gasteiger partial charge in [-0.3, -0.25) is 0 Å². The molecule has 1 aliphatic rings. The van der Waals surface area contributed by atoms with Crippen LogP contribution in [0, 0.1) is 0 Å². The molecule has 3 nitrogen and oxygen atoms in total. The predicted molar refractivity (Wildman–Crippen MR) is 63.4 cm³/mol. The van der Waals surface area contributed by atoms with E-state index in [2.05, 4.69) is 37.5 Å². The molecule has 0 bridgehead atoms. The second-order valence-electron chi connectivity index (χ2n) is 4.24. The number of benzene rings is 1. The summed E-state index contributed by atoms with van der Waals surface area (Å²) in [6.45, 7) is 4.24. The van der Waals surface area contributed by atoms with Gasteiger partial charge in [0.1, 0.15) is 11.9 Å². The van der Waals surface area contributed by atoms with Crippen molar-refractivity contribution in [2.24, 2.45) is 0 Å². The molecule has 0 aromatic heterocycles. The summed E-state index contributed by atoms with van der Waals surface area (Å²) in [6.07, 6.45) is 2.39. The zero-order valence-corrected chi connectivity index (χ0v) is 10.1. The molecule has 0 saturated carbocycles. The molecule has 2 rings (SSSR count). The van der Waals surface area contributed by atoms with Crippen LogP contribution < -0.4 is 10.2 Å². The summed E-state index contributed by atoms with van der Waals surface area (Å²) < 4.78 is 5.76. The zero-order valence-electron chi connectivity index (χ0n) is 10.1.